The molecule has 0 aliphatic rings. The van der Waals surface area contributed by atoms with Crippen LogP contribution in [0.1, 0.15) is 37.4 Å². The summed E-state index contributed by atoms with van der Waals surface area (Å²) in [4.78, 5) is 5.12. The summed E-state index contributed by atoms with van der Waals surface area (Å²) in [6.07, 6.45) is 1.03. The van der Waals surface area contributed by atoms with Crippen LogP contribution in [-0.2, 0) is 0 Å². The van der Waals surface area contributed by atoms with Crippen molar-refractivity contribution < 1.29 is 0 Å². The van der Waals surface area contributed by atoms with Gasteiger partial charge in [-0.15, -0.1) is 11.3 Å². The third-order valence-electron chi connectivity index (χ3n) is 11.6. The smallest absolute Gasteiger partial charge is 0.134 e. The number of hydrogen-bond acceptors (Lipinski definition) is 2. The minimum absolute atomic E-state index is 0.0625. The lowest BCUT2D eigenvalue weighted by molar-refractivity contribution is 0.423. The second-order valence-corrected chi connectivity index (χ2v) is 16.3. The monoisotopic (exact) mass is 765 g/mol. The van der Waals surface area contributed by atoms with E-state index < -0.39 is 0 Å². The van der Waals surface area contributed by atoms with Crippen molar-refractivity contribution in [1.82, 2.24) is 9.88 Å². The zero-order valence-corrected chi connectivity index (χ0v) is 33.5. The van der Waals surface area contributed by atoms with Gasteiger partial charge in [-0.05, 0) is 88.3 Å². The highest BCUT2D eigenvalue weighted by atomic mass is 32.1. The molecule has 10 aromatic rings. The number of benzene rings is 8. The highest BCUT2D eigenvalue weighted by Crippen LogP contribution is 2.42. The number of aliphatic imine (C=N–C) groups is 1. The number of amidine groups is 1. The normalized spacial score (nSPS) is 13.0. The molecule has 2 heterocycles. The standard InChI is InChI=1S/C54H43N3S/c1-3-36(2)52(56-54(39-18-9-5-10-19-39)55-42-20-11-6-12-21-42)38-26-30-43(31-27-38)57-49-32-28-40(37-16-7-4-8-17-37)34-47(49)48-35-41(29-33-50(48)57)44-23-15-24-46-45-22-13-14-25-51(45)58-53(44)46/h4-36,52H,3H2,1-2H3,(H,55,56). The van der Waals surface area contributed by atoms with E-state index in [2.05, 4.69) is 200 Å². The summed E-state index contributed by atoms with van der Waals surface area (Å²) < 4.78 is 5.09. The maximum atomic E-state index is 5.12. The van der Waals surface area contributed by atoms with Gasteiger partial charge in [0.15, 0.2) is 0 Å². The third kappa shape index (κ3) is 6.56. The van der Waals surface area contributed by atoms with Gasteiger partial charge in [-0.1, -0.05) is 160 Å². The number of thiophene rings is 1. The van der Waals surface area contributed by atoms with Gasteiger partial charge in [0.2, 0.25) is 0 Å². The van der Waals surface area contributed by atoms with E-state index >= 15 is 0 Å². The summed E-state index contributed by atoms with van der Waals surface area (Å²) >= 11 is 1.89. The van der Waals surface area contributed by atoms with Gasteiger partial charge in [-0.3, -0.25) is 0 Å². The van der Waals surface area contributed by atoms with E-state index in [9.17, 15) is 0 Å². The van der Waals surface area contributed by atoms with Gasteiger partial charge in [-0.2, -0.15) is 0 Å². The molecule has 0 saturated carbocycles. The van der Waals surface area contributed by atoms with Gasteiger partial charge >= 0.3 is 0 Å². The largest absolute Gasteiger partial charge is 0.362 e. The lowest BCUT2D eigenvalue weighted by Gasteiger charge is -2.27. The molecule has 10 rings (SSSR count). The van der Waals surface area contributed by atoms with Crippen molar-refractivity contribution in [2.24, 2.45) is 10.9 Å². The molecule has 2 aromatic heterocycles. The number of para-hydroxylation sites is 1. The van der Waals surface area contributed by atoms with E-state index in [4.69, 9.17) is 4.99 Å². The van der Waals surface area contributed by atoms with E-state index in [-0.39, 0.29) is 6.04 Å². The number of hydrogen-bond donors (Lipinski definition) is 1. The van der Waals surface area contributed by atoms with E-state index in [0.29, 0.717) is 5.92 Å². The van der Waals surface area contributed by atoms with Crippen LogP contribution in [0.4, 0.5) is 5.69 Å². The van der Waals surface area contributed by atoms with E-state index in [1.165, 1.54) is 69.8 Å². The van der Waals surface area contributed by atoms with Gasteiger partial charge in [0.1, 0.15) is 5.84 Å². The molecule has 1 N–H and O–H groups in total. The number of nitrogens with zero attached hydrogens (tertiary/aromatic N) is 2. The average Bonchev–Trinajstić information content (AvgIpc) is 3.84. The molecule has 0 aliphatic heterocycles. The minimum atomic E-state index is 0.0625. The van der Waals surface area contributed by atoms with Crippen molar-refractivity contribution in [2.45, 2.75) is 26.3 Å². The fourth-order valence-corrected chi connectivity index (χ4v) is 9.67. The predicted molar refractivity (Wildman–Crippen MR) is 249 cm³/mol. The molecule has 2 unspecified atom stereocenters. The number of rotatable bonds is 9. The summed E-state index contributed by atoms with van der Waals surface area (Å²) in [6, 6.07) is 70.1. The van der Waals surface area contributed by atoms with E-state index in [0.717, 1.165) is 29.2 Å². The quantitative estimate of drug-likeness (QED) is 0.115. The molecule has 58 heavy (non-hydrogen) atoms. The number of fused-ring (bicyclic) bond motifs is 6. The first-order chi connectivity index (χ1) is 28.6. The zero-order chi connectivity index (χ0) is 39.0. The van der Waals surface area contributed by atoms with Crippen LogP contribution < -0.4 is 5.32 Å². The molecule has 280 valence electrons. The van der Waals surface area contributed by atoms with Crippen molar-refractivity contribution in [1.29, 1.82) is 0 Å². The maximum Gasteiger partial charge on any atom is 0.134 e. The van der Waals surface area contributed by atoms with Crippen molar-refractivity contribution in [2.75, 3.05) is 0 Å². The summed E-state index contributed by atoms with van der Waals surface area (Å²) in [5.41, 5.74) is 11.7. The third-order valence-corrected chi connectivity index (χ3v) is 12.9. The summed E-state index contributed by atoms with van der Waals surface area (Å²) in [5.74, 6) is 1.24. The SMILES string of the molecule is CCC(C)C(NC(=Nc1ccccc1)c1ccccc1)c1ccc(-n2c3ccc(-c4ccccc4)cc3c3cc(-c4cccc5c4sc4ccccc45)ccc32)cc1. The van der Waals surface area contributed by atoms with Crippen LogP contribution in [0.25, 0.3) is 69.9 Å². The van der Waals surface area contributed by atoms with Gasteiger partial charge < -0.3 is 9.88 Å². The Morgan fingerprint density at radius 2 is 1.19 bits per heavy atom. The van der Waals surface area contributed by atoms with Gasteiger partial charge in [-0.25, -0.2) is 4.99 Å². The number of nitrogens with one attached hydrogen (secondary N) is 1. The topological polar surface area (TPSA) is 29.3 Å². The van der Waals surface area contributed by atoms with E-state index in [1.54, 1.807) is 0 Å². The van der Waals surface area contributed by atoms with Crippen LogP contribution >= 0.6 is 11.3 Å². The molecule has 0 amide bonds. The first-order valence-corrected chi connectivity index (χ1v) is 21.0. The first kappa shape index (κ1) is 35.6. The Kier molecular flexibility index (Phi) is 9.40. The second kappa shape index (κ2) is 15.3. The summed E-state index contributed by atoms with van der Waals surface area (Å²) in [6.45, 7) is 4.59. The Balaban J connectivity index is 1.09. The molecule has 0 spiro atoms. The predicted octanol–water partition coefficient (Wildman–Crippen LogP) is 14.9. The molecule has 0 aliphatic carbocycles. The summed E-state index contributed by atoms with van der Waals surface area (Å²) in [7, 11) is 0. The van der Waals surface area contributed by atoms with Crippen LogP contribution in [0.15, 0.2) is 199 Å². The van der Waals surface area contributed by atoms with Crippen molar-refractivity contribution in [3.8, 4) is 27.9 Å². The molecule has 0 radical (unpaired) electrons. The maximum absolute atomic E-state index is 5.12. The van der Waals surface area contributed by atoms with E-state index in [1.807, 2.05) is 29.5 Å². The van der Waals surface area contributed by atoms with Crippen LogP contribution in [0.5, 0.6) is 0 Å². The molecule has 8 aromatic carbocycles. The number of aromatic nitrogens is 1. The summed E-state index contributed by atoms with van der Waals surface area (Å²) in [5, 5.41) is 9.04. The molecule has 0 bridgehead atoms. The lowest BCUT2D eigenvalue weighted by atomic mass is 9.92. The first-order valence-electron chi connectivity index (χ1n) is 20.2. The highest BCUT2D eigenvalue weighted by Gasteiger charge is 2.22. The van der Waals surface area contributed by atoms with Crippen molar-refractivity contribution in [3.05, 3.63) is 205 Å². The molecule has 4 heteroatoms. The fraction of sp³-hybridized carbons (Fsp3) is 0.0926. The Bertz CT molecular complexity index is 3070. The Morgan fingerprint density at radius 1 is 0.569 bits per heavy atom. The molecule has 3 nitrogen and oxygen atoms in total. The average molecular weight is 766 g/mol. The van der Waals surface area contributed by atoms with Crippen LogP contribution in [0.2, 0.25) is 0 Å². The van der Waals surface area contributed by atoms with Gasteiger partial charge in [0.05, 0.1) is 22.8 Å². The van der Waals surface area contributed by atoms with Crippen molar-refractivity contribution in [3.63, 3.8) is 0 Å². The molecule has 0 saturated heterocycles. The fourth-order valence-electron chi connectivity index (χ4n) is 8.43. The van der Waals surface area contributed by atoms with Crippen LogP contribution in [-0.4, -0.2) is 10.4 Å². The Hall–Kier alpha value is -6.75. The molecule has 2 atom stereocenters. The lowest BCUT2D eigenvalue weighted by Crippen LogP contribution is -2.33. The van der Waals surface area contributed by atoms with Gasteiger partial charge in [0.25, 0.3) is 0 Å². The molecular formula is C54H43N3S. The van der Waals surface area contributed by atoms with Crippen LogP contribution in [0, 0.1) is 5.92 Å². The zero-order valence-electron chi connectivity index (χ0n) is 32.6. The van der Waals surface area contributed by atoms with Crippen molar-refractivity contribution >= 4 is 64.8 Å². The second-order valence-electron chi connectivity index (χ2n) is 15.2. The molecular weight excluding hydrogens is 723 g/mol. The molecule has 0 fully saturated rings. The highest BCUT2D eigenvalue weighted by molar-refractivity contribution is 7.26. The van der Waals surface area contributed by atoms with Gasteiger partial charge in [0, 0.05) is 42.2 Å². The Labute approximate surface area is 343 Å². The minimum Gasteiger partial charge on any atom is -0.362 e. The Morgan fingerprint density at radius 3 is 1.91 bits per heavy atom. The van der Waals surface area contributed by atoms with Crippen LogP contribution in [0.3, 0.4) is 0 Å².